The Labute approximate surface area is 231 Å². The number of benzene rings is 3. The Bertz CT molecular complexity index is 1840. The Morgan fingerprint density at radius 3 is 2.18 bits per heavy atom. The molecule has 202 valence electrons. The van der Waals surface area contributed by atoms with Gasteiger partial charge in [0.15, 0.2) is 9.84 Å². The molecule has 0 spiro atoms. The molecule has 13 heteroatoms. The molecule has 0 saturated heterocycles. The second kappa shape index (κ2) is 10.7. The Kier molecular flexibility index (Phi) is 7.69. The van der Waals surface area contributed by atoms with Gasteiger partial charge in [0, 0.05) is 19.7 Å². The number of nitrogens with one attached hydrogen (secondary N) is 1. The normalized spacial score (nSPS) is 12.3. The fourth-order valence-corrected chi connectivity index (χ4v) is 5.28. The van der Waals surface area contributed by atoms with Crippen LogP contribution >= 0.6 is 23.2 Å². The third-order valence-electron chi connectivity index (χ3n) is 6.10. The van der Waals surface area contributed by atoms with Gasteiger partial charge in [-0.3, -0.25) is 14.2 Å². The van der Waals surface area contributed by atoms with Gasteiger partial charge < -0.3 is 10.4 Å². The minimum atomic E-state index is -3.60. The SMILES string of the molecule is Cn1c(=O)n(-c2ccc(C[C@H](NC(=O)c3c(Cl)cccc3Cl)C(=O)O)cc2)c(=O)c2cc(S(C)(=O)=O)ccc21. The third kappa shape index (κ3) is 5.60. The lowest BCUT2D eigenvalue weighted by Crippen LogP contribution is -2.42. The van der Waals surface area contributed by atoms with Crippen molar-refractivity contribution in [1.29, 1.82) is 0 Å². The molecule has 0 saturated carbocycles. The van der Waals surface area contributed by atoms with Crippen molar-refractivity contribution in [3.8, 4) is 5.69 Å². The molecular formula is C26H21Cl2N3O7S. The quantitative estimate of drug-likeness (QED) is 0.337. The maximum absolute atomic E-state index is 13.3. The molecule has 0 fully saturated rings. The Morgan fingerprint density at radius 1 is 1.00 bits per heavy atom. The lowest BCUT2D eigenvalue weighted by Gasteiger charge is -2.16. The summed E-state index contributed by atoms with van der Waals surface area (Å²) >= 11 is 12.1. The van der Waals surface area contributed by atoms with E-state index in [9.17, 15) is 32.7 Å². The summed E-state index contributed by atoms with van der Waals surface area (Å²) in [5, 5.41) is 12.3. The molecule has 0 aliphatic rings. The van der Waals surface area contributed by atoms with Crippen LogP contribution in [0, 0.1) is 0 Å². The van der Waals surface area contributed by atoms with Gasteiger partial charge in [-0.15, -0.1) is 0 Å². The van der Waals surface area contributed by atoms with Crippen molar-refractivity contribution in [3.05, 3.63) is 103 Å². The van der Waals surface area contributed by atoms with Crippen molar-refractivity contribution in [2.75, 3.05) is 6.26 Å². The number of fused-ring (bicyclic) bond motifs is 1. The number of hydrogen-bond donors (Lipinski definition) is 2. The third-order valence-corrected chi connectivity index (χ3v) is 7.84. The van der Waals surface area contributed by atoms with Crippen LogP contribution in [0.4, 0.5) is 0 Å². The van der Waals surface area contributed by atoms with Gasteiger partial charge in [-0.2, -0.15) is 0 Å². The highest BCUT2D eigenvalue weighted by atomic mass is 35.5. The molecule has 0 unspecified atom stereocenters. The van der Waals surface area contributed by atoms with Crippen LogP contribution in [0.2, 0.25) is 10.0 Å². The fraction of sp³-hybridized carbons (Fsp3) is 0.154. The van der Waals surface area contributed by atoms with Gasteiger partial charge in [-0.25, -0.2) is 22.6 Å². The summed E-state index contributed by atoms with van der Waals surface area (Å²) in [5.74, 6) is -2.05. The summed E-state index contributed by atoms with van der Waals surface area (Å²) < 4.78 is 26.1. The smallest absolute Gasteiger partial charge is 0.335 e. The number of nitrogens with zero attached hydrogens (tertiary/aromatic N) is 2. The minimum Gasteiger partial charge on any atom is -0.480 e. The summed E-state index contributed by atoms with van der Waals surface area (Å²) in [7, 11) is -2.14. The van der Waals surface area contributed by atoms with E-state index in [-0.39, 0.29) is 43.5 Å². The van der Waals surface area contributed by atoms with Gasteiger partial charge in [-0.1, -0.05) is 41.4 Å². The van der Waals surface area contributed by atoms with Crippen LogP contribution in [-0.4, -0.2) is 46.8 Å². The highest BCUT2D eigenvalue weighted by Crippen LogP contribution is 2.24. The number of aliphatic carboxylic acids is 1. The number of carbonyl (C=O) groups excluding carboxylic acids is 1. The first-order valence-corrected chi connectivity index (χ1v) is 14.0. The van der Waals surface area contributed by atoms with Crippen molar-refractivity contribution in [1.82, 2.24) is 14.5 Å². The molecule has 39 heavy (non-hydrogen) atoms. The number of sulfone groups is 1. The highest BCUT2D eigenvalue weighted by Gasteiger charge is 2.24. The minimum absolute atomic E-state index is 0.0380. The largest absolute Gasteiger partial charge is 0.480 e. The van der Waals surface area contributed by atoms with E-state index in [1.807, 2.05) is 0 Å². The number of aromatic nitrogens is 2. The van der Waals surface area contributed by atoms with E-state index in [2.05, 4.69) is 5.32 Å². The molecule has 0 radical (unpaired) electrons. The molecule has 2 N–H and O–H groups in total. The van der Waals surface area contributed by atoms with E-state index in [4.69, 9.17) is 23.2 Å². The van der Waals surface area contributed by atoms with Crippen molar-refractivity contribution >= 4 is 55.8 Å². The number of carboxylic acid groups (broad SMARTS) is 1. The summed E-state index contributed by atoms with van der Waals surface area (Å²) in [6.07, 6.45) is 0.898. The molecule has 1 aromatic heterocycles. The Balaban J connectivity index is 1.67. The predicted molar refractivity (Wildman–Crippen MR) is 147 cm³/mol. The maximum atomic E-state index is 13.3. The van der Waals surface area contributed by atoms with Gasteiger partial charge in [-0.05, 0) is 48.0 Å². The molecule has 1 atom stereocenters. The first kappa shape index (κ1) is 28.1. The predicted octanol–water partition coefficient (Wildman–Crippen LogP) is 2.83. The summed E-state index contributed by atoms with van der Waals surface area (Å²) in [4.78, 5) is 50.7. The molecule has 4 aromatic rings. The van der Waals surface area contributed by atoms with Gasteiger partial charge >= 0.3 is 11.7 Å². The number of aryl methyl sites for hydroxylation is 1. The van der Waals surface area contributed by atoms with Crippen LogP contribution < -0.4 is 16.6 Å². The topological polar surface area (TPSA) is 145 Å². The number of carboxylic acids is 1. The summed E-state index contributed by atoms with van der Waals surface area (Å²) in [6, 6.07) is 13.0. The van der Waals surface area contributed by atoms with Crippen LogP contribution in [0.25, 0.3) is 16.6 Å². The zero-order valence-electron chi connectivity index (χ0n) is 20.5. The number of halogens is 2. The van der Waals surface area contributed by atoms with Crippen molar-refractivity contribution in [3.63, 3.8) is 0 Å². The highest BCUT2D eigenvalue weighted by molar-refractivity contribution is 7.90. The van der Waals surface area contributed by atoms with Gasteiger partial charge in [0.2, 0.25) is 0 Å². The number of rotatable bonds is 7. The summed E-state index contributed by atoms with van der Waals surface area (Å²) in [6.45, 7) is 0. The van der Waals surface area contributed by atoms with Crippen LogP contribution in [0.1, 0.15) is 15.9 Å². The van der Waals surface area contributed by atoms with Gasteiger partial charge in [0.05, 0.1) is 37.1 Å². The zero-order valence-corrected chi connectivity index (χ0v) is 22.8. The van der Waals surface area contributed by atoms with E-state index in [0.717, 1.165) is 10.8 Å². The average Bonchev–Trinajstić information content (AvgIpc) is 2.87. The van der Waals surface area contributed by atoms with E-state index in [1.165, 1.54) is 66.2 Å². The first-order chi connectivity index (χ1) is 18.3. The Morgan fingerprint density at radius 2 is 1.62 bits per heavy atom. The molecule has 10 nitrogen and oxygen atoms in total. The van der Waals surface area contributed by atoms with E-state index < -0.39 is 39.0 Å². The van der Waals surface area contributed by atoms with Crippen molar-refractivity contribution < 1.29 is 23.1 Å². The molecular weight excluding hydrogens is 569 g/mol. The van der Waals surface area contributed by atoms with Crippen LogP contribution in [-0.2, 0) is 28.1 Å². The number of hydrogen-bond acceptors (Lipinski definition) is 6. The summed E-state index contributed by atoms with van der Waals surface area (Å²) in [5.41, 5.74) is -0.466. The second-order valence-corrected chi connectivity index (χ2v) is 11.6. The standard InChI is InChI=1S/C26H21Cl2N3O7S/c1-30-21-11-10-16(39(2,37)38)13-17(21)24(33)31(26(30)36)15-8-6-14(7-9-15)12-20(25(34)35)29-23(32)22-18(27)4-3-5-19(22)28/h3-11,13,20H,12H2,1-2H3,(H,29,32)(H,34,35)/t20-/m0/s1. The molecule has 3 aromatic carbocycles. The van der Waals surface area contributed by atoms with Crippen LogP contribution in [0.3, 0.4) is 0 Å². The molecule has 4 rings (SSSR count). The number of carbonyl (C=O) groups is 2. The van der Waals surface area contributed by atoms with E-state index >= 15 is 0 Å². The zero-order chi connectivity index (χ0) is 28.6. The van der Waals surface area contributed by atoms with Gasteiger partial charge in [0.1, 0.15) is 6.04 Å². The first-order valence-electron chi connectivity index (χ1n) is 11.3. The van der Waals surface area contributed by atoms with Crippen LogP contribution in [0.5, 0.6) is 0 Å². The molecule has 0 aliphatic carbocycles. The molecule has 1 heterocycles. The molecule has 0 aliphatic heterocycles. The van der Waals surface area contributed by atoms with Crippen molar-refractivity contribution in [2.24, 2.45) is 7.05 Å². The lowest BCUT2D eigenvalue weighted by molar-refractivity contribution is -0.139. The molecule has 0 bridgehead atoms. The monoisotopic (exact) mass is 589 g/mol. The Hall–Kier alpha value is -3.93. The lowest BCUT2D eigenvalue weighted by atomic mass is 10.0. The maximum Gasteiger partial charge on any atom is 0.335 e. The van der Waals surface area contributed by atoms with Crippen LogP contribution in [0.15, 0.2) is 75.1 Å². The number of amides is 1. The fourth-order valence-electron chi connectivity index (χ4n) is 4.06. The van der Waals surface area contributed by atoms with Gasteiger partial charge in [0.25, 0.3) is 11.5 Å². The van der Waals surface area contributed by atoms with E-state index in [1.54, 1.807) is 6.07 Å². The van der Waals surface area contributed by atoms with E-state index in [0.29, 0.717) is 5.56 Å². The second-order valence-electron chi connectivity index (χ2n) is 8.76. The molecule has 1 amide bonds. The average molecular weight is 590 g/mol. The van der Waals surface area contributed by atoms with Crippen molar-refractivity contribution in [2.45, 2.75) is 17.4 Å².